The van der Waals surface area contributed by atoms with Crippen LogP contribution in [0.25, 0.3) is 0 Å². The Hall–Kier alpha value is -1.35. The fraction of sp³-hybridized carbons (Fsp3) is 0.588. The first-order valence-corrected chi connectivity index (χ1v) is 7.83. The van der Waals surface area contributed by atoms with Crippen LogP contribution in [-0.2, 0) is 6.42 Å². The van der Waals surface area contributed by atoms with Crippen molar-refractivity contribution in [3.05, 3.63) is 29.3 Å². The molecule has 3 rings (SSSR count). The van der Waals surface area contributed by atoms with E-state index in [4.69, 9.17) is 4.74 Å². The number of carbonyl (C=O) groups is 1. The number of Topliss-reactive ketones (excluding diaryl/α,β-unsaturated/α-hetero) is 1. The van der Waals surface area contributed by atoms with E-state index in [9.17, 15) is 4.79 Å². The van der Waals surface area contributed by atoms with Crippen LogP contribution in [0.3, 0.4) is 0 Å². The number of ketones is 1. The summed E-state index contributed by atoms with van der Waals surface area (Å²) in [5.74, 6) is 1.25. The van der Waals surface area contributed by atoms with E-state index in [0.717, 1.165) is 50.3 Å². The van der Waals surface area contributed by atoms with Crippen LogP contribution in [0.5, 0.6) is 5.75 Å². The molecular weight excluding hydrogens is 250 g/mol. The van der Waals surface area contributed by atoms with Gasteiger partial charge < -0.3 is 4.74 Å². The third kappa shape index (κ3) is 2.59. The first-order chi connectivity index (χ1) is 9.79. The molecule has 3 heteroatoms. The van der Waals surface area contributed by atoms with Crippen LogP contribution in [0.15, 0.2) is 18.2 Å². The first kappa shape index (κ1) is 13.6. The SMILES string of the molecule is CCC[C@@H](C(=O)c1ccc2c(c1)CCO2)N1CCCC1. The van der Waals surface area contributed by atoms with Gasteiger partial charge >= 0.3 is 0 Å². The fourth-order valence-corrected chi connectivity index (χ4v) is 3.34. The van der Waals surface area contributed by atoms with Gasteiger partial charge in [0.05, 0.1) is 12.6 Å². The van der Waals surface area contributed by atoms with Gasteiger partial charge in [-0.15, -0.1) is 0 Å². The quantitative estimate of drug-likeness (QED) is 0.772. The number of benzene rings is 1. The maximum absolute atomic E-state index is 12.8. The lowest BCUT2D eigenvalue weighted by Crippen LogP contribution is -2.39. The van der Waals surface area contributed by atoms with Crippen LogP contribution >= 0.6 is 0 Å². The maximum atomic E-state index is 12.8. The van der Waals surface area contributed by atoms with Crippen LogP contribution in [-0.4, -0.2) is 36.4 Å². The minimum atomic E-state index is 0.0721. The molecule has 1 atom stereocenters. The smallest absolute Gasteiger partial charge is 0.179 e. The predicted octanol–water partition coefficient (Wildman–Crippen LogP) is 3.07. The molecule has 2 heterocycles. The molecule has 1 fully saturated rings. The number of hydrogen-bond acceptors (Lipinski definition) is 3. The molecule has 20 heavy (non-hydrogen) atoms. The Bertz CT molecular complexity index is 492. The van der Waals surface area contributed by atoms with Gasteiger partial charge in [-0.3, -0.25) is 9.69 Å². The molecule has 108 valence electrons. The number of nitrogens with zero attached hydrogens (tertiary/aromatic N) is 1. The summed E-state index contributed by atoms with van der Waals surface area (Å²) < 4.78 is 5.52. The average Bonchev–Trinajstić information content (AvgIpc) is 3.13. The zero-order chi connectivity index (χ0) is 13.9. The van der Waals surface area contributed by atoms with Crippen molar-refractivity contribution in [2.45, 2.75) is 45.1 Å². The molecule has 0 amide bonds. The van der Waals surface area contributed by atoms with Gasteiger partial charge in [0.1, 0.15) is 5.75 Å². The molecule has 1 aromatic carbocycles. The van der Waals surface area contributed by atoms with Crippen molar-refractivity contribution in [3.8, 4) is 5.75 Å². The van der Waals surface area contributed by atoms with E-state index in [2.05, 4.69) is 11.8 Å². The molecule has 1 saturated heterocycles. The Kier molecular flexibility index (Phi) is 4.06. The molecule has 0 unspecified atom stereocenters. The summed E-state index contributed by atoms with van der Waals surface area (Å²) in [4.78, 5) is 15.2. The summed E-state index contributed by atoms with van der Waals surface area (Å²) in [5, 5.41) is 0. The largest absolute Gasteiger partial charge is 0.493 e. The van der Waals surface area contributed by atoms with E-state index < -0.39 is 0 Å². The number of ether oxygens (including phenoxy) is 1. The van der Waals surface area contributed by atoms with Crippen molar-refractivity contribution in [3.63, 3.8) is 0 Å². The predicted molar refractivity (Wildman–Crippen MR) is 79.5 cm³/mol. The highest BCUT2D eigenvalue weighted by molar-refractivity contribution is 6.00. The van der Waals surface area contributed by atoms with E-state index >= 15 is 0 Å². The van der Waals surface area contributed by atoms with Crippen LogP contribution in [0, 0.1) is 0 Å². The van der Waals surface area contributed by atoms with Crippen molar-refractivity contribution < 1.29 is 9.53 Å². The van der Waals surface area contributed by atoms with Gasteiger partial charge in [0, 0.05) is 12.0 Å². The Morgan fingerprint density at radius 3 is 2.90 bits per heavy atom. The Labute approximate surface area is 120 Å². The fourth-order valence-electron chi connectivity index (χ4n) is 3.34. The second-order valence-electron chi connectivity index (χ2n) is 5.83. The summed E-state index contributed by atoms with van der Waals surface area (Å²) in [6.45, 7) is 5.05. The lowest BCUT2D eigenvalue weighted by Gasteiger charge is -2.26. The van der Waals surface area contributed by atoms with Gasteiger partial charge in [-0.1, -0.05) is 13.3 Å². The summed E-state index contributed by atoms with van der Waals surface area (Å²) in [7, 11) is 0. The van der Waals surface area contributed by atoms with Gasteiger partial charge in [-0.05, 0) is 56.1 Å². The highest BCUT2D eigenvalue weighted by atomic mass is 16.5. The zero-order valence-corrected chi connectivity index (χ0v) is 12.2. The maximum Gasteiger partial charge on any atom is 0.179 e. The third-order valence-corrected chi connectivity index (χ3v) is 4.42. The van der Waals surface area contributed by atoms with Gasteiger partial charge in [0.25, 0.3) is 0 Å². The van der Waals surface area contributed by atoms with Gasteiger partial charge in [-0.2, -0.15) is 0 Å². The molecule has 2 aliphatic heterocycles. The molecule has 3 nitrogen and oxygen atoms in total. The Morgan fingerprint density at radius 1 is 1.35 bits per heavy atom. The van der Waals surface area contributed by atoms with Crippen molar-refractivity contribution >= 4 is 5.78 Å². The average molecular weight is 273 g/mol. The normalized spacial score (nSPS) is 19.6. The highest BCUT2D eigenvalue weighted by Gasteiger charge is 2.28. The van der Waals surface area contributed by atoms with E-state index in [0.29, 0.717) is 5.78 Å². The summed E-state index contributed by atoms with van der Waals surface area (Å²) in [5.41, 5.74) is 2.05. The van der Waals surface area contributed by atoms with Crippen molar-refractivity contribution in [2.75, 3.05) is 19.7 Å². The monoisotopic (exact) mass is 273 g/mol. The molecule has 1 aromatic rings. The van der Waals surface area contributed by atoms with Crippen molar-refractivity contribution in [1.82, 2.24) is 4.90 Å². The zero-order valence-electron chi connectivity index (χ0n) is 12.2. The molecule has 0 radical (unpaired) electrons. The minimum Gasteiger partial charge on any atom is -0.493 e. The summed E-state index contributed by atoms with van der Waals surface area (Å²) in [6.07, 6.45) is 5.41. The van der Waals surface area contributed by atoms with Crippen LogP contribution in [0.2, 0.25) is 0 Å². The number of carbonyl (C=O) groups excluding carboxylic acids is 1. The molecule has 0 aromatic heterocycles. The van der Waals surface area contributed by atoms with E-state index in [-0.39, 0.29) is 6.04 Å². The van der Waals surface area contributed by atoms with E-state index in [1.165, 1.54) is 18.4 Å². The number of likely N-dealkylation sites (tertiary alicyclic amines) is 1. The molecule has 0 saturated carbocycles. The van der Waals surface area contributed by atoms with Crippen LogP contribution in [0.4, 0.5) is 0 Å². The number of rotatable bonds is 5. The Morgan fingerprint density at radius 2 is 2.15 bits per heavy atom. The topological polar surface area (TPSA) is 29.5 Å². The Balaban J connectivity index is 1.81. The van der Waals surface area contributed by atoms with E-state index in [1.807, 2.05) is 18.2 Å². The second-order valence-corrected chi connectivity index (χ2v) is 5.83. The third-order valence-electron chi connectivity index (χ3n) is 4.42. The molecule has 0 spiro atoms. The van der Waals surface area contributed by atoms with Crippen LogP contribution < -0.4 is 4.74 Å². The lowest BCUT2D eigenvalue weighted by molar-refractivity contribution is 0.0837. The van der Waals surface area contributed by atoms with Gasteiger partial charge in [-0.25, -0.2) is 0 Å². The summed E-state index contributed by atoms with van der Waals surface area (Å²) >= 11 is 0. The first-order valence-electron chi connectivity index (χ1n) is 7.83. The van der Waals surface area contributed by atoms with Crippen molar-refractivity contribution in [2.24, 2.45) is 0 Å². The lowest BCUT2D eigenvalue weighted by atomic mass is 9.97. The summed E-state index contributed by atoms with van der Waals surface area (Å²) in [6, 6.07) is 6.01. The van der Waals surface area contributed by atoms with Gasteiger partial charge in [0.2, 0.25) is 0 Å². The van der Waals surface area contributed by atoms with Gasteiger partial charge in [0.15, 0.2) is 5.78 Å². The second kappa shape index (κ2) is 5.96. The molecule has 0 bridgehead atoms. The molecule has 0 aliphatic carbocycles. The van der Waals surface area contributed by atoms with E-state index in [1.54, 1.807) is 0 Å². The number of fused-ring (bicyclic) bond motifs is 1. The standard InChI is InChI=1S/C17H23NO2/c1-2-5-15(18-9-3-4-10-18)17(19)14-6-7-16-13(12-14)8-11-20-16/h6-7,12,15H,2-5,8-11H2,1H3/t15-/m0/s1. The molecule has 0 N–H and O–H groups in total. The van der Waals surface area contributed by atoms with Crippen molar-refractivity contribution in [1.29, 1.82) is 0 Å². The molecule has 2 aliphatic rings. The van der Waals surface area contributed by atoms with Crippen LogP contribution in [0.1, 0.15) is 48.5 Å². The minimum absolute atomic E-state index is 0.0721. The highest BCUT2D eigenvalue weighted by Crippen LogP contribution is 2.27. The molecular formula is C17H23NO2. The number of hydrogen-bond donors (Lipinski definition) is 0.